The molecule has 1 amide bonds. The number of para-hydroxylation sites is 1. The van der Waals surface area contributed by atoms with Gasteiger partial charge in [-0.1, -0.05) is 25.1 Å². The number of rotatable bonds is 9. The monoisotopic (exact) mass is 408 g/mol. The SMILES string of the molecule is CCN1CCN(CCCCNC(=O)C=Cc2cc(C)n(-c3ccccc3)c2C)CC1. The molecule has 0 atom stereocenters. The molecule has 1 fully saturated rings. The first-order valence-corrected chi connectivity index (χ1v) is 11.2. The molecule has 0 bridgehead atoms. The van der Waals surface area contributed by atoms with E-state index in [-0.39, 0.29) is 5.91 Å². The van der Waals surface area contributed by atoms with Crippen molar-refractivity contribution in [2.24, 2.45) is 0 Å². The Morgan fingerprint density at radius 2 is 1.73 bits per heavy atom. The smallest absolute Gasteiger partial charge is 0.244 e. The standard InChI is InChI=1S/C25H36N4O/c1-4-27-16-18-28(19-17-27)15-9-8-14-26-25(30)13-12-23-20-21(2)29(22(23)3)24-10-6-5-7-11-24/h5-7,10-13,20H,4,8-9,14-19H2,1-3H3,(H,26,30). The Hall–Kier alpha value is -2.37. The summed E-state index contributed by atoms with van der Waals surface area (Å²) >= 11 is 0. The van der Waals surface area contributed by atoms with Gasteiger partial charge in [-0.3, -0.25) is 4.79 Å². The third kappa shape index (κ3) is 6.07. The van der Waals surface area contributed by atoms with Crippen LogP contribution in [0, 0.1) is 13.8 Å². The second kappa shape index (κ2) is 11.1. The van der Waals surface area contributed by atoms with Crippen LogP contribution in [0.4, 0.5) is 0 Å². The first-order chi connectivity index (χ1) is 14.6. The molecule has 3 rings (SSSR count). The minimum Gasteiger partial charge on any atom is -0.353 e. The predicted molar refractivity (Wildman–Crippen MR) is 125 cm³/mol. The lowest BCUT2D eigenvalue weighted by Crippen LogP contribution is -2.46. The van der Waals surface area contributed by atoms with Crippen LogP contribution in [-0.4, -0.2) is 66.1 Å². The Labute approximate surface area is 181 Å². The molecule has 0 radical (unpaired) electrons. The normalized spacial score (nSPS) is 15.7. The van der Waals surface area contributed by atoms with Crippen LogP contribution < -0.4 is 5.32 Å². The summed E-state index contributed by atoms with van der Waals surface area (Å²) in [6.07, 6.45) is 5.73. The summed E-state index contributed by atoms with van der Waals surface area (Å²) in [5.41, 5.74) is 4.54. The third-order valence-corrected chi connectivity index (χ3v) is 6.01. The number of likely N-dealkylation sites (N-methyl/N-ethyl adjacent to an activating group) is 1. The van der Waals surface area contributed by atoms with Gasteiger partial charge >= 0.3 is 0 Å². The number of piperazine rings is 1. The number of aromatic nitrogens is 1. The first kappa shape index (κ1) is 22.3. The van der Waals surface area contributed by atoms with Gasteiger partial charge in [0.15, 0.2) is 0 Å². The lowest BCUT2D eigenvalue weighted by molar-refractivity contribution is -0.116. The summed E-state index contributed by atoms with van der Waals surface area (Å²) in [5.74, 6) is -0.0175. The number of hydrogen-bond acceptors (Lipinski definition) is 3. The highest BCUT2D eigenvalue weighted by atomic mass is 16.1. The maximum Gasteiger partial charge on any atom is 0.244 e. The highest BCUT2D eigenvalue weighted by molar-refractivity contribution is 5.91. The van der Waals surface area contributed by atoms with Gasteiger partial charge in [-0.2, -0.15) is 0 Å². The molecule has 1 saturated heterocycles. The Morgan fingerprint density at radius 1 is 1.03 bits per heavy atom. The molecular weight excluding hydrogens is 372 g/mol. The van der Waals surface area contributed by atoms with Crippen molar-refractivity contribution in [3.63, 3.8) is 0 Å². The average Bonchev–Trinajstić information content (AvgIpc) is 3.06. The molecule has 1 N–H and O–H groups in total. The lowest BCUT2D eigenvalue weighted by atomic mass is 10.2. The van der Waals surface area contributed by atoms with Crippen molar-refractivity contribution in [2.45, 2.75) is 33.6 Å². The van der Waals surface area contributed by atoms with Gasteiger partial charge in [0, 0.05) is 55.9 Å². The fraction of sp³-hybridized carbons (Fsp3) is 0.480. The van der Waals surface area contributed by atoms with Gasteiger partial charge < -0.3 is 19.7 Å². The highest BCUT2D eigenvalue weighted by Crippen LogP contribution is 2.21. The van der Waals surface area contributed by atoms with E-state index in [0.29, 0.717) is 0 Å². The molecule has 0 aliphatic carbocycles. The molecule has 1 aliphatic heterocycles. The van der Waals surface area contributed by atoms with E-state index in [1.165, 1.54) is 31.9 Å². The van der Waals surface area contributed by atoms with E-state index in [2.05, 4.69) is 58.7 Å². The summed E-state index contributed by atoms with van der Waals surface area (Å²) in [7, 11) is 0. The topological polar surface area (TPSA) is 40.5 Å². The van der Waals surface area contributed by atoms with Crippen LogP contribution in [0.1, 0.15) is 36.7 Å². The first-order valence-electron chi connectivity index (χ1n) is 11.2. The van der Waals surface area contributed by atoms with Gasteiger partial charge in [-0.25, -0.2) is 0 Å². The number of nitrogens with zero attached hydrogens (tertiary/aromatic N) is 3. The molecule has 162 valence electrons. The summed E-state index contributed by atoms with van der Waals surface area (Å²) in [6, 6.07) is 12.4. The van der Waals surface area contributed by atoms with Crippen LogP contribution in [0.5, 0.6) is 0 Å². The minimum atomic E-state index is -0.0175. The van der Waals surface area contributed by atoms with E-state index in [9.17, 15) is 4.79 Å². The van der Waals surface area contributed by atoms with Crippen molar-refractivity contribution >= 4 is 12.0 Å². The number of unbranched alkanes of at least 4 members (excludes halogenated alkanes) is 1. The largest absolute Gasteiger partial charge is 0.353 e. The van der Waals surface area contributed by atoms with Crippen molar-refractivity contribution in [2.75, 3.05) is 45.8 Å². The van der Waals surface area contributed by atoms with Crippen molar-refractivity contribution in [1.29, 1.82) is 0 Å². The molecule has 2 aromatic rings. The van der Waals surface area contributed by atoms with Crippen LogP contribution >= 0.6 is 0 Å². The molecule has 2 heterocycles. The minimum absolute atomic E-state index is 0.0175. The Kier molecular flexibility index (Phi) is 8.29. The van der Waals surface area contributed by atoms with Crippen molar-refractivity contribution < 1.29 is 4.79 Å². The molecule has 5 nitrogen and oxygen atoms in total. The van der Waals surface area contributed by atoms with Crippen LogP contribution in [-0.2, 0) is 4.79 Å². The van der Waals surface area contributed by atoms with Crippen LogP contribution in [0.15, 0.2) is 42.5 Å². The summed E-state index contributed by atoms with van der Waals surface area (Å²) in [5, 5.41) is 3.02. The predicted octanol–water partition coefficient (Wildman–Crippen LogP) is 3.64. The number of benzene rings is 1. The molecule has 1 aliphatic rings. The van der Waals surface area contributed by atoms with E-state index in [1.54, 1.807) is 6.08 Å². The third-order valence-electron chi connectivity index (χ3n) is 6.01. The second-order valence-corrected chi connectivity index (χ2v) is 8.10. The van der Waals surface area contributed by atoms with Crippen LogP contribution in [0.3, 0.4) is 0 Å². The number of carbonyl (C=O) groups excluding carboxylic acids is 1. The fourth-order valence-electron chi connectivity index (χ4n) is 4.16. The number of amides is 1. The fourth-order valence-corrected chi connectivity index (χ4v) is 4.16. The second-order valence-electron chi connectivity index (χ2n) is 8.10. The molecule has 0 spiro atoms. The number of nitrogens with one attached hydrogen (secondary N) is 1. The van der Waals surface area contributed by atoms with Crippen LogP contribution in [0.25, 0.3) is 11.8 Å². The van der Waals surface area contributed by atoms with E-state index < -0.39 is 0 Å². The Balaban J connectivity index is 1.40. The van der Waals surface area contributed by atoms with E-state index in [0.717, 1.165) is 49.4 Å². The Bertz CT molecular complexity index is 832. The summed E-state index contributed by atoms with van der Waals surface area (Å²) in [6.45, 7) is 14.2. The quantitative estimate of drug-likeness (QED) is 0.509. The van der Waals surface area contributed by atoms with Crippen molar-refractivity contribution in [3.8, 4) is 5.69 Å². The van der Waals surface area contributed by atoms with Gasteiger partial charge in [0.2, 0.25) is 5.91 Å². The van der Waals surface area contributed by atoms with Gasteiger partial charge in [0.25, 0.3) is 0 Å². The summed E-state index contributed by atoms with van der Waals surface area (Å²) in [4.78, 5) is 17.2. The molecule has 5 heteroatoms. The average molecular weight is 409 g/mol. The van der Waals surface area contributed by atoms with Crippen molar-refractivity contribution in [3.05, 3.63) is 59.4 Å². The van der Waals surface area contributed by atoms with Crippen molar-refractivity contribution in [1.82, 2.24) is 19.7 Å². The van der Waals surface area contributed by atoms with E-state index in [1.807, 2.05) is 24.3 Å². The van der Waals surface area contributed by atoms with E-state index >= 15 is 0 Å². The van der Waals surface area contributed by atoms with Gasteiger partial charge in [-0.15, -0.1) is 0 Å². The molecule has 1 aromatic carbocycles. The van der Waals surface area contributed by atoms with Crippen LogP contribution in [0.2, 0.25) is 0 Å². The molecule has 0 unspecified atom stereocenters. The number of hydrogen-bond donors (Lipinski definition) is 1. The maximum absolute atomic E-state index is 12.2. The molecule has 1 aromatic heterocycles. The Morgan fingerprint density at radius 3 is 2.43 bits per heavy atom. The van der Waals surface area contributed by atoms with E-state index in [4.69, 9.17) is 0 Å². The zero-order valence-electron chi connectivity index (χ0n) is 18.7. The number of aryl methyl sites for hydroxylation is 1. The van der Waals surface area contributed by atoms with Gasteiger partial charge in [0.1, 0.15) is 0 Å². The molecule has 30 heavy (non-hydrogen) atoms. The van der Waals surface area contributed by atoms with Gasteiger partial charge in [0.05, 0.1) is 0 Å². The summed E-state index contributed by atoms with van der Waals surface area (Å²) < 4.78 is 2.22. The zero-order chi connectivity index (χ0) is 21.3. The molecule has 0 saturated carbocycles. The lowest BCUT2D eigenvalue weighted by Gasteiger charge is -2.33. The highest BCUT2D eigenvalue weighted by Gasteiger charge is 2.14. The van der Waals surface area contributed by atoms with Gasteiger partial charge in [-0.05, 0) is 69.6 Å². The molecular formula is C25H36N4O. The zero-order valence-corrected chi connectivity index (χ0v) is 18.7. The number of carbonyl (C=O) groups is 1. The maximum atomic E-state index is 12.2.